The third-order valence-corrected chi connectivity index (χ3v) is 4.40. The first kappa shape index (κ1) is 29.2. The van der Waals surface area contributed by atoms with Gasteiger partial charge in [0.2, 0.25) is 35.4 Å². The van der Waals surface area contributed by atoms with Crippen LogP contribution in [-0.2, 0) is 33.6 Å². The van der Waals surface area contributed by atoms with Gasteiger partial charge in [0.25, 0.3) is 0 Å². The van der Waals surface area contributed by atoms with Crippen molar-refractivity contribution in [2.24, 2.45) is 22.9 Å². The zero-order valence-corrected chi connectivity index (χ0v) is 18.2. The van der Waals surface area contributed by atoms with Crippen LogP contribution in [-0.4, -0.2) is 70.7 Å². The number of amides is 6. The minimum Gasteiger partial charge on any atom is -0.480 e. The van der Waals surface area contributed by atoms with Gasteiger partial charge >= 0.3 is 5.97 Å². The molecule has 0 aromatic heterocycles. The SMILES string of the molecule is CC(NC(=O)C(CCC(N)=O)NC(=O)C(N)CCC(N)=O)C(=O)NC(CCC(N)=O)C(=O)O. The Bertz CT molecular complexity index is 773. The number of nitrogens with one attached hydrogen (secondary N) is 3. The van der Waals surface area contributed by atoms with E-state index in [4.69, 9.17) is 28.0 Å². The van der Waals surface area contributed by atoms with Gasteiger partial charge in [0.15, 0.2) is 0 Å². The molecule has 0 radical (unpaired) electrons. The van der Waals surface area contributed by atoms with Gasteiger partial charge in [0, 0.05) is 19.3 Å². The highest BCUT2D eigenvalue weighted by Crippen LogP contribution is 2.03. The number of carbonyl (C=O) groups is 7. The second kappa shape index (κ2) is 14.3. The Kier molecular flexibility index (Phi) is 12.7. The van der Waals surface area contributed by atoms with Crippen molar-refractivity contribution < 1.29 is 38.7 Å². The molecular formula is C18H31N7O8. The predicted molar refractivity (Wildman–Crippen MR) is 112 cm³/mol. The molecule has 15 heteroatoms. The Morgan fingerprint density at radius 3 is 1.55 bits per heavy atom. The fourth-order valence-electron chi connectivity index (χ4n) is 2.48. The van der Waals surface area contributed by atoms with Gasteiger partial charge in [-0.05, 0) is 26.2 Å². The van der Waals surface area contributed by atoms with E-state index in [-0.39, 0.29) is 38.5 Å². The lowest BCUT2D eigenvalue weighted by Crippen LogP contribution is -2.56. The van der Waals surface area contributed by atoms with E-state index in [1.165, 1.54) is 6.92 Å². The highest BCUT2D eigenvalue weighted by molar-refractivity contribution is 5.94. The van der Waals surface area contributed by atoms with Crippen molar-refractivity contribution in [3.8, 4) is 0 Å². The summed E-state index contributed by atoms with van der Waals surface area (Å²) in [5.41, 5.74) is 20.7. The average Bonchev–Trinajstić information content (AvgIpc) is 2.70. The van der Waals surface area contributed by atoms with Crippen LogP contribution in [0.5, 0.6) is 0 Å². The van der Waals surface area contributed by atoms with Crippen LogP contribution in [0.1, 0.15) is 45.4 Å². The molecule has 6 amide bonds. The lowest BCUT2D eigenvalue weighted by atomic mass is 10.1. The fraction of sp³-hybridized carbons (Fsp3) is 0.611. The summed E-state index contributed by atoms with van der Waals surface area (Å²) in [7, 11) is 0. The lowest BCUT2D eigenvalue weighted by Gasteiger charge is -2.23. The van der Waals surface area contributed by atoms with Crippen LogP contribution < -0.4 is 38.9 Å². The summed E-state index contributed by atoms with van der Waals surface area (Å²) < 4.78 is 0. The van der Waals surface area contributed by atoms with Gasteiger partial charge in [-0.15, -0.1) is 0 Å². The van der Waals surface area contributed by atoms with E-state index in [9.17, 15) is 33.6 Å². The molecule has 0 bridgehead atoms. The molecule has 0 aromatic carbocycles. The second-order valence-electron chi connectivity index (χ2n) is 7.31. The van der Waals surface area contributed by atoms with Gasteiger partial charge in [0.05, 0.1) is 6.04 Å². The molecule has 0 aliphatic heterocycles. The number of hydrogen-bond donors (Lipinski definition) is 8. The number of carboxylic acid groups (broad SMARTS) is 1. The fourth-order valence-corrected chi connectivity index (χ4v) is 2.48. The van der Waals surface area contributed by atoms with Gasteiger partial charge in [-0.3, -0.25) is 28.8 Å². The molecule has 15 nitrogen and oxygen atoms in total. The van der Waals surface area contributed by atoms with Crippen molar-refractivity contribution in [2.75, 3.05) is 0 Å². The summed E-state index contributed by atoms with van der Waals surface area (Å²) in [6.45, 7) is 1.26. The summed E-state index contributed by atoms with van der Waals surface area (Å²) in [5, 5.41) is 15.9. The number of aliphatic carboxylic acids is 1. The first-order chi connectivity index (χ1) is 15.2. The first-order valence-corrected chi connectivity index (χ1v) is 9.99. The zero-order chi connectivity index (χ0) is 25.7. The molecule has 0 spiro atoms. The number of nitrogens with two attached hydrogens (primary N) is 4. The number of hydrogen-bond acceptors (Lipinski definition) is 8. The Balaban J connectivity index is 5.13. The van der Waals surface area contributed by atoms with Gasteiger partial charge in [0.1, 0.15) is 18.1 Å². The van der Waals surface area contributed by atoms with Crippen LogP contribution in [0.2, 0.25) is 0 Å². The Morgan fingerprint density at radius 2 is 1.09 bits per heavy atom. The standard InChI is InChI=1S/C18H31N7O8/c1-8(15(29)25-11(18(32)33)4-7-14(22)28)23-17(31)10(3-6-13(21)27)24-16(30)9(19)2-5-12(20)26/h8-11H,2-7,19H2,1H3,(H2,20,26)(H2,21,27)(H2,22,28)(H,23,31)(H,24,30)(H,25,29)(H,32,33). The van der Waals surface area contributed by atoms with Crippen molar-refractivity contribution in [1.82, 2.24) is 16.0 Å². The van der Waals surface area contributed by atoms with Crippen LogP contribution in [0.4, 0.5) is 0 Å². The van der Waals surface area contributed by atoms with E-state index in [0.717, 1.165) is 0 Å². The minimum absolute atomic E-state index is 0.0774. The number of primary amides is 3. The minimum atomic E-state index is -1.42. The topological polar surface area (TPSA) is 280 Å². The maximum atomic E-state index is 12.6. The summed E-state index contributed by atoms with van der Waals surface area (Å²) >= 11 is 0. The number of rotatable bonds is 16. The van der Waals surface area contributed by atoms with Crippen LogP contribution in [0.3, 0.4) is 0 Å². The van der Waals surface area contributed by atoms with Crippen LogP contribution in [0.25, 0.3) is 0 Å². The van der Waals surface area contributed by atoms with Crippen molar-refractivity contribution in [3.63, 3.8) is 0 Å². The summed E-state index contributed by atoms with van der Waals surface area (Å²) in [6, 6.07) is -5.13. The first-order valence-electron chi connectivity index (χ1n) is 9.99. The van der Waals surface area contributed by atoms with Crippen molar-refractivity contribution in [2.45, 2.75) is 69.6 Å². The molecule has 0 saturated heterocycles. The molecule has 4 atom stereocenters. The molecule has 12 N–H and O–H groups in total. The third-order valence-electron chi connectivity index (χ3n) is 4.40. The van der Waals surface area contributed by atoms with Gasteiger partial charge in [-0.1, -0.05) is 0 Å². The van der Waals surface area contributed by atoms with Gasteiger partial charge < -0.3 is 44.0 Å². The molecular weight excluding hydrogens is 442 g/mol. The molecule has 0 aliphatic rings. The second-order valence-corrected chi connectivity index (χ2v) is 7.31. The van der Waals surface area contributed by atoms with Crippen molar-refractivity contribution in [1.29, 1.82) is 0 Å². The average molecular weight is 473 g/mol. The maximum Gasteiger partial charge on any atom is 0.326 e. The monoisotopic (exact) mass is 473 g/mol. The summed E-state index contributed by atoms with van der Waals surface area (Å²) in [5.74, 6) is -6.10. The normalized spacial score (nSPS) is 14.1. The highest BCUT2D eigenvalue weighted by atomic mass is 16.4. The van der Waals surface area contributed by atoms with E-state index in [1.807, 2.05) is 0 Å². The summed E-state index contributed by atoms with van der Waals surface area (Å²) in [4.78, 5) is 81.1. The van der Waals surface area contributed by atoms with E-state index < -0.39 is 65.6 Å². The van der Waals surface area contributed by atoms with E-state index in [2.05, 4.69) is 16.0 Å². The molecule has 0 aromatic rings. The molecule has 0 rings (SSSR count). The van der Waals surface area contributed by atoms with Gasteiger partial charge in [-0.25, -0.2) is 4.79 Å². The molecule has 4 unspecified atom stereocenters. The molecule has 0 saturated carbocycles. The maximum absolute atomic E-state index is 12.6. The Morgan fingerprint density at radius 1 is 0.667 bits per heavy atom. The lowest BCUT2D eigenvalue weighted by molar-refractivity contribution is -0.142. The van der Waals surface area contributed by atoms with E-state index >= 15 is 0 Å². The molecule has 186 valence electrons. The quantitative estimate of drug-likeness (QED) is 0.107. The molecule has 0 heterocycles. The van der Waals surface area contributed by atoms with Crippen molar-refractivity contribution in [3.05, 3.63) is 0 Å². The van der Waals surface area contributed by atoms with E-state index in [1.54, 1.807) is 0 Å². The Labute approximate surface area is 189 Å². The number of carbonyl (C=O) groups excluding carboxylic acids is 6. The summed E-state index contributed by atoms with van der Waals surface area (Å²) in [6.07, 6.45) is -1.26. The highest BCUT2D eigenvalue weighted by Gasteiger charge is 2.28. The zero-order valence-electron chi connectivity index (χ0n) is 18.2. The predicted octanol–water partition coefficient (Wildman–Crippen LogP) is -4.33. The van der Waals surface area contributed by atoms with E-state index in [0.29, 0.717) is 0 Å². The van der Waals surface area contributed by atoms with Gasteiger partial charge in [-0.2, -0.15) is 0 Å². The number of carboxylic acids is 1. The third kappa shape index (κ3) is 12.6. The van der Waals surface area contributed by atoms with Crippen LogP contribution in [0, 0.1) is 0 Å². The Hall–Kier alpha value is -3.75. The molecule has 33 heavy (non-hydrogen) atoms. The smallest absolute Gasteiger partial charge is 0.326 e. The van der Waals surface area contributed by atoms with Crippen LogP contribution in [0.15, 0.2) is 0 Å². The largest absolute Gasteiger partial charge is 0.480 e. The molecule has 0 aliphatic carbocycles. The molecule has 0 fully saturated rings. The van der Waals surface area contributed by atoms with Crippen LogP contribution >= 0.6 is 0 Å². The van der Waals surface area contributed by atoms with Crippen molar-refractivity contribution >= 4 is 41.4 Å².